The van der Waals surface area contributed by atoms with Crippen LogP contribution in [-0.4, -0.2) is 25.7 Å². The summed E-state index contributed by atoms with van der Waals surface area (Å²) < 4.78 is 24.6. The van der Waals surface area contributed by atoms with Crippen molar-refractivity contribution in [1.29, 1.82) is 0 Å². The Hall–Kier alpha value is -0.400. The molecule has 1 unspecified atom stereocenters. The fourth-order valence-corrected chi connectivity index (χ4v) is 6.98. The van der Waals surface area contributed by atoms with E-state index in [1.165, 1.54) is 0 Å². The van der Waals surface area contributed by atoms with E-state index in [-0.39, 0.29) is 4.99 Å². The molecular weight excluding hydrogens is 239 g/mol. The van der Waals surface area contributed by atoms with E-state index in [1.807, 2.05) is 13.0 Å². The average molecular weight is 258 g/mol. The van der Waals surface area contributed by atoms with Crippen LogP contribution in [0.15, 0.2) is 35.2 Å². The monoisotopic (exact) mass is 258 g/mol. The highest BCUT2D eigenvalue weighted by Crippen LogP contribution is 2.44. The fourth-order valence-electron chi connectivity index (χ4n) is 1.74. The van der Waals surface area contributed by atoms with Crippen molar-refractivity contribution < 1.29 is 8.42 Å². The third-order valence-corrected chi connectivity index (χ3v) is 9.05. The van der Waals surface area contributed by atoms with E-state index in [0.717, 1.165) is 12.3 Å². The average Bonchev–Trinajstić information content (AvgIpc) is 2.31. The lowest BCUT2D eigenvalue weighted by Crippen LogP contribution is -2.17. The van der Waals surface area contributed by atoms with Crippen LogP contribution in [0.4, 0.5) is 0 Å². The van der Waals surface area contributed by atoms with Gasteiger partial charge in [-0.05, 0) is 31.4 Å². The minimum atomic E-state index is -3.13. The molecule has 0 aliphatic carbocycles. The van der Waals surface area contributed by atoms with Gasteiger partial charge in [-0.2, -0.15) is 0 Å². The molecule has 0 aromatic heterocycles. The highest BCUT2D eigenvalue weighted by atomic mass is 32.2. The predicted molar refractivity (Wildman–Crippen MR) is 71.1 cm³/mol. The number of sulfone groups is 1. The molecule has 0 aliphatic rings. The quantitative estimate of drug-likeness (QED) is 0.759. The van der Waals surface area contributed by atoms with Crippen LogP contribution in [0.3, 0.4) is 0 Å². The van der Waals surface area contributed by atoms with Crippen LogP contribution in [0.1, 0.15) is 20.8 Å². The van der Waals surface area contributed by atoms with Gasteiger partial charge in [0.05, 0.1) is 9.89 Å². The van der Waals surface area contributed by atoms with Crippen molar-refractivity contribution in [3.05, 3.63) is 30.3 Å². The summed E-state index contributed by atoms with van der Waals surface area (Å²) in [6, 6.07) is 8.76. The van der Waals surface area contributed by atoms with Gasteiger partial charge in [0.1, 0.15) is 0 Å². The van der Waals surface area contributed by atoms with Crippen molar-refractivity contribution in [2.24, 2.45) is 0 Å². The van der Waals surface area contributed by atoms with Crippen LogP contribution in [0, 0.1) is 0 Å². The molecule has 1 atom stereocenters. The molecule has 0 fully saturated rings. The second kappa shape index (κ2) is 5.79. The largest absolute Gasteiger partial charge is 0.223 e. The summed E-state index contributed by atoms with van der Waals surface area (Å²) in [6.45, 7) is 6.00. The lowest BCUT2D eigenvalue weighted by molar-refractivity contribution is 0.594. The number of hydrogen-bond acceptors (Lipinski definition) is 2. The predicted octanol–water partition coefficient (Wildman–Crippen LogP) is 3.33. The Balaban J connectivity index is 3.03. The normalized spacial score (nSPS) is 14.0. The third kappa shape index (κ3) is 2.83. The first-order valence-electron chi connectivity index (χ1n) is 5.57. The second-order valence-electron chi connectivity index (χ2n) is 3.68. The summed E-state index contributed by atoms with van der Waals surface area (Å²) in [7, 11) is -3.55. The summed E-state index contributed by atoms with van der Waals surface area (Å²) in [4.78, 5) is 0.219. The molecule has 0 aliphatic heterocycles. The first-order chi connectivity index (χ1) is 7.54. The summed E-state index contributed by atoms with van der Waals surface area (Å²) in [6.07, 6.45) is 1.94. The van der Waals surface area contributed by atoms with Gasteiger partial charge in [0.25, 0.3) is 0 Å². The SMILES string of the molecule is CCP(CC)C(C)S(=O)(=O)c1ccccc1. The summed E-state index contributed by atoms with van der Waals surface area (Å²) in [5.41, 5.74) is 0. The molecule has 0 spiro atoms. The van der Waals surface area contributed by atoms with Crippen LogP contribution < -0.4 is 0 Å². The van der Waals surface area contributed by atoms with E-state index in [4.69, 9.17) is 0 Å². The smallest absolute Gasteiger partial charge is 0.184 e. The second-order valence-corrected chi connectivity index (χ2v) is 9.51. The lowest BCUT2D eigenvalue weighted by Gasteiger charge is -2.22. The van der Waals surface area contributed by atoms with Crippen molar-refractivity contribution in [3.63, 3.8) is 0 Å². The topological polar surface area (TPSA) is 34.1 Å². The Morgan fingerprint density at radius 3 is 2.06 bits per heavy atom. The summed E-state index contributed by atoms with van der Waals surface area (Å²) in [5.74, 6) is 0. The van der Waals surface area contributed by atoms with Crippen LogP contribution in [-0.2, 0) is 9.84 Å². The van der Waals surface area contributed by atoms with Gasteiger partial charge in [-0.1, -0.05) is 40.0 Å². The number of rotatable bonds is 5. The Morgan fingerprint density at radius 2 is 1.62 bits per heavy atom. The molecule has 0 amide bonds. The molecule has 0 saturated heterocycles. The van der Waals surface area contributed by atoms with Crippen molar-refractivity contribution in [1.82, 2.24) is 0 Å². The maximum Gasteiger partial charge on any atom is 0.184 e. The van der Waals surface area contributed by atoms with E-state index in [9.17, 15) is 8.42 Å². The highest BCUT2D eigenvalue weighted by molar-refractivity contribution is 7.99. The van der Waals surface area contributed by atoms with Crippen LogP contribution in [0.5, 0.6) is 0 Å². The number of hydrogen-bond donors (Lipinski definition) is 0. The third-order valence-electron chi connectivity index (χ3n) is 2.85. The minimum absolute atomic E-state index is 0.236. The molecule has 0 saturated carbocycles. The first kappa shape index (κ1) is 13.7. The van der Waals surface area contributed by atoms with E-state index < -0.39 is 17.8 Å². The highest BCUT2D eigenvalue weighted by Gasteiger charge is 2.28. The lowest BCUT2D eigenvalue weighted by atomic mass is 10.4. The van der Waals surface area contributed by atoms with Gasteiger partial charge < -0.3 is 0 Å². The Kier molecular flexibility index (Phi) is 4.94. The minimum Gasteiger partial charge on any atom is -0.223 e. The maximum atomic E-state index is 12.3. The molecule has 16 heavy (non-hydrogen) atoms. The molecule has 0 N–H and O–H groups in total. The van der Waals surface area contributed by atoms with Gasteiger partial charge in [0.2, 0.25) is 0 Å². The molecule has 0 heterocycles. The van der Waals surface area contributed by atoms with Gasteiger partial charge in [0.15, 0.2) is 9.84 Å². The van der Waals surface area contributed by atoms with E-state index in [1.54, 1.807) is 24.3 Å². The van der Waals surface area contributed by atoms with Crippen molar-refractivity contribution in [3.8, 4) is 0 Å². The van der Waals surface area contributed by atoms with Gasteiger partial charge in [0, 0.05) is 0 Å². The van der Waals surface area contributed by atoms with Gasteiger partial charge >= 0.3 is 0 Å². The fraction of sp³-hybridized carbons (Fsp3) is 0.500. The van der Waals surface area contributed by atoms with Gasteiger partial charge in [-0.3, -0.25) is 0 Å². The Morgan fingerprint density at radius 1 is 1.12 bits per heavy atom. The standard InChI is InChI=1S/C12H19O2PS/c1-4-15(5-2)11(3)16(13,14)12-9-7-6-8-10-12/h6-11H,4-5H2,1-3H3. The summed E-state index contributed by atoms with van der Waals surface area (Å²) >= 11 is 0. The molecular formula is C12H19O2PS. The van der Waals surface area contributed by atoms with E-state index >= 15 is 0 Å². The molecule has 0 bridgehead atoms. The zero-order valence-electron chi connectivity index (χ0n) is 10.1. The zero-order chi connectivity index (χ0) is 12.2. The van der Waals surface area contributed by atoms with E-state index in [2.05, 4.69) is 13.8 Å². The molecule has 2 nitrogen and oxygen atoms in total. The molecule has 1 aromatic rings. The zero-order valence-corrected chi connectivity index (χ0v) is 11.8. The molecule has 1 aromatic carbocycles. The number of benzene rings is 1. The Labute approximate surface area is 99.7 Å². The molecule has 0 radical (unpaired) electrons. The van der Waals surface area contributed by atoms with Crippen LogP contribution >= 0.6 is 7.92 Å². The van der Waals surface area contributed by atoms with Crippen molar-refractivity contribution in [2.75, 3.05) is 12.3 Å². The van der Waals surface area contributed by atoms with Crippen molar-refractivity contribution in [2.45, 2.75) is 30.7 Å². The van der Waals surface area contributed by atoms with Crippen LogP contribution in [0.2, 0.25) is 0 Å². The molecule has 1 rings (SSSR count). The van der Waals surface area contributed by atoms with E-state index in [0.29, 0.717) is 4.90 Å². The van der Waals surface area contributed by atoms with Gasteiger partial charge in [-0.15, -0.1) is 0 Å². The summed E-state index contributed by atoms with van der Waals surface area (Å²) in [5, 5.41) is 0. The van der Waals surface area contributed by atoms with Crippen molar-refractivity contribution >= 4 is 17.8 Å². The Bertz CT molecular complexity index is 410. The maximum absolute atomic E-state index is 12.3. The van der Waals surface area contributed by atoms with Gasteiger partial charge in [-0.25, -0.2) is 8.42 Å². The van der Waals surface area contributed by atoms with Crippen LogP contribution in [0.25, 0.3) is 0 Å². The molecule has 4 heteroatoms. The molecule has 90 valence electrons. The first-order valence-corrected chi connectivity index (χ1v) is 8.89.